The lowest BCUT2D eigenvalue weighted by molar-refractivity contribution is 0.320. The fourth-order valence-corrected chi connectivity index (χ4v) is 3.10. The van der Waals surface area contributed by atoms with Crippen LogP contribution in [0.25, 0.3) is 17.1 Å². The number of rotatable bonds is 6. The van der Waals surface area contributed by atoms with Gasteiger partial charge in [0.1, 0.15) is 11.6 Å². The van der Waals surface area contributed by atoms with Crippen molar-refractivity contribution in [1.82, 2.24) is 19.6 Å². The summed E-state index contributed by atoms with van der Waals surface area (Å²) in [6.07, 6.45) is 1.56. The van der Waals surface area contributed by atoms with Gasteiger partial charge in [0, 0.05) is 12.1 Å². The highest BCUT2D eigenvalue weighted by Crippen LogP contribution is 2.42. The molecule has 0 fully saturated rings. The van der Waals surface area contributed by atoms with E-state index in [-0.39, 0.29) is 0 Å². The summed E-state index contributed by atoms with van der Waals surface area (Å²) in [5, 5.41) is 4.54. The molecular weight excluding hydrogens is 376 g/mol. The molecule has 1 aromatic carbocycles. The number of nitrogens with zero attached hydrogens (tertiary/aromatic N) is 4. The van der Waals surface area contributed by atoms with Gasteiger partial charge in [-0.1, -0.05) is 0 Å². The minimum Gasteiger partial charge on any atom is -0.493 e. The maximum atomic E-state index is 6.14. The molecule has 0 aliphatic heterocycles. The average Bonchev–Trinajstić information content (AvgIpc) is 3.35. The highest BCUT2D eigenvalue weighted by molar-refractivity contribution is 5.65. The molecule has 0 aliphatic carbocycles. The van der Waals surface area contributed by atoms with Crippen molar-refractivity contribution in [2.75, 3.05) is 21.3 Å². The van der Waals surface area contributed by atoms with Gasteiger partial charge in [0.25, 0.3) is 0 Å². The Kier molecular flexibility index (Phi) is 4.71. The van der Waals surface area contributed by atoms with E-state index in [1.807, 2.05) is 13.8 Å². The van der Waals surface area contributed by atoms with E-state index in [0.717, 1.165) is 5.69 Å². The molecule has 0 amide bonds. The van der Waals surface area contributed by atoms with Gasteiger partial charge in [0.05, 0.1) is 33.3 Å². The first-order valence-corrected chi connectivity index (χ1v) is 8.81. The first-order chi connectivity index (χ1) is 14.0. The second kappa shape index (κ2) is 7.34. The number of hydrogen-bond acceptors (Lipinski definition) is 8. The van der Waals surface area contributed by atoms with E-state index >= 15 is 0 Å². The SMILES string of the molecule is COc1cc(Oc2nc(-c3ccco3)nn3c(C)nc(C)c23)cc(OC)c1OC. The molecule has 9 nitrogen and oxygen atoms in total. The Morgan fingerprint density at radius 3 is 2.28 bits per heavy atom. The molecule has 0 atom stereocenters. The van der Waals surface area contributed by atoms with Crippen molar-refractivity contribution in [1.29, 1.82) is 0 Å². The fourth-order valence-electron chi connectivity index (χ4n) is 3.10. The molecule has 0 aliphatic rings. The van der Waals surface area contributed by atoms with Crippen LogP contribution in [0.4, 0.5) is 0 Å². The molecule has 9 heteroatoms. The molecule has 0 radical (unpaired) electrons. The molecule has 150 valence electrons. The third-order valence-corrected chi connectivity index (χ3v) is 4.39. The molecule has 4 aromatic rings. The summed E-state index contributed by atoms with van der Waals surface area (Å²) in [5.74, 6) is 3.82. The number of aryl methyl sites for hydroxylation is 2. The molecule has 0 N–H and O–H groups in total. The molecule has 29 heavy (non-hydrogen) atoms. The molecule has 0 spiro atoms. The molecule has 0 saturated heterocycles. The zero-order valence-corrected chi connectivity index (χ0v) is 16.7. The predicted molar refractivity (Wildman–Crippen MR) is 104 cm³/mol. The molecular formula is C20H20N4O5. The first kappa shape index (κ1) is 18.6. The lowest BCUT2D eigenvalue weighted by Gasteiger charge is -2.15. The van der Waals surface area contributed by atoms with Gasteiger partial charge in [-0.2, -0.15) is 4.98 Å². The number of hydrogen-bond donors (Lipinski definition) is 0. The van der Waals surface area contributed by atoms with Crippen LogP contribution in [0.15, 0.2) is 34.9 Å². The number of methoxy groups -OCH3 is 3. The van der Waals surface area contributed by atoms with E-state index in [9.17, 15) is 0 Å². The normalized spacial score (nSPS) is 10.9. The second-order valence-corrected chi connectivity index (χ2v) is 6.19. The fraction of sp³-hybridized carbons (Fsp3) is 0.250. The average molecular weight is 396 g/mol. The van der Waals surface area contributed by atoms with Gasteiger partial charge in [0.15, 0.2) is 22.8 Å². The van der Waals surface area contributed by atoms with E-state index in [1.165, 1.54) is 0 Å². The van der Waals surface area contributed by atoms with E-state index in [2.05, 4.69) is 15.1 Å². The molecule has 3 heterocycles. The number of benzene rings is 1. The molecule has 0 bridgehead atoms. The Bertz CT molecular complexity index is 1140. The maximum absolute atomic E-state index is 6.14. The lowest BCUT2D eigenvalue weighted by Crippen LogP contribution is -2.03. The van der Waals surface area contributed by atoms with Crippen molar-refractivity contribution in [3.05, 3.63) is 42.0 Å². The van der Waals surface area contributed by atoms with Gasteiger partial charge >= 0.3 is 0 Å². The minimum atomic E-state index is 0.332. The van der Waals surface area contributed by atoms with Gasteiger partial charge in [-0.3, -0.25) is 0 Å². The van der Waals surface area contributed by atoms with Gasteiger partial charge in [-0.25, -0.2) is 9.50 Å². The second-order valence-electron chi connectivity index (χ2n) is 6.19. The van der Waals surface area contributed by atoms with Crippen molar-refractivity contribution in [3.8, 4) is 40.5 Å². The summed E-state index contributed by atoms with van der Waals surface area (Å²) in [4.78, 5) is 9.06. The van der Waals surface area contributed by atoms with Gasteiger partial charge in [-0.15, -0.1) is 5.10 Å². The maximum Gasteiger partial charge on any atom is 0.249 e. The van der Waals surface area contributed by atoms with Crippen molar-refractivity contribution in [2.24, 2.45) is 0 Å². The van der Waals surface area contributed by atoms with Crippen LogP contribution in [-0.4, -0.2) is 40.9 Å². The number of imidazole rings is 1. The van der Waals surface area contributed by atoms with Crippen molar-refractivity contribution in [2.45, 2.75) is 13.8 Å². The summed E-state index contributed by atoms with van der Waals surface area (Å²) < 4.78 is 29.5. The number of furan rings is 1. The Hall–Kier alpha value is -3.75. The van der Waals surface area contributed by atoms with Crippen molar-refractivity contribution >= 4 is 5.52 Å². The van der Waals surface area contributed by atoms with Crippen LogP contribution in [0.1, 0.15) is 11.5 Å². The predicted octanol–water partition coefficient (Wildman–Crippen LogP) is 3.82. The Labute approximate surface area is 166 Å². The highest BCUT2D eigenvalue weighted by atomic mass is 16.5. The van der Waals surface area contributed by atoms with Crippen LogP contribution in [0.2, 0.25) is 0 Å². The topological polar surface area (TPSA) is 93.1 Å². The highest BCUT2D eigenvalue weighted by Gasteiger charge is 2.20. The summed E-state index contributed by atoms with van der Waals surface area (Å²) in [5.41, 5.74) is 1.41. The standard InChI is InChI=1S/C20H20N4O5/c1-11-17-20(29-13-9-15(25-3)18(27-5)16(10-13)26-4)22-19(14-7-6-8-28-14)23-24(17)12(2)21-11/h6-10H,1-5H3. The smallest absolute Gasteiger partial charge is 0.249 e. The molecule has 0 saturated carbocycles. The van der Waals surface area contributed by atoms with Gasteiger partial charge < -0.3 is 23.4 Å². The molecule has 3 aromatic heterocycles. The number of aromatic nitrogens is 4. The Morgan fingerprint density at radius 2 is 1.69 bits per heavy atom. The monoisotopic (exact) mass is 396 g/mol. The third-order valence-electron chi connectivity index (χ3n) is 4.39. The zero-order valence-electron chi connectivity index (χ0n) is 16.7. The van der Waals surface area contributed by atoms with Crippen molar-refractivity contribution in [3.63, 3.8) is 0 Å². The zero-order chi connectivity index (χ0) is 20.5. The van der Waals surface area contributed by atoms with Crippen LogP contribution in [0.3, 0.4) is 0 Å². The van der Waals surface area contributed by atoms with Crippen LogP contribution in [0.5, 0.6) is 28.9 Å². The molecule has 4 rings (SSSR count). The van der Waals surface area contributed by atoms with Crippen LogP contribution in [-0.2, 0) is 0 Å². The lowest BCUT2D eigenvalue weighted by atomic mass is 10.2. The van der Waals surface area contributed by atoms with E-state index < -0.39 is 0 Å². The van der Waals surface area contributed by atoms with Gasteiger partial charge in [-0.05, 0) is 26.0 Å². The molecule has 0 unspecified atom stereocenters. The van der Waals surface area contributed by atoms with Crippen molar-refractivity contribution < 1.29 is 23.4 Å². The first-order valence-electron chi connectivity index (χ1n) is 8.81. The summed E-state index contributed by atoms with van der Waals surface area (Å²) in [6, 6.07) is 6.95. The van der Waals surface area contributed by atoms with E-state index in [4.69, 9.17) is 23.4 Å². The Balaban J connectivity index is 1.88. The van der Waals surface area contributed by atoms with E-state index in [0.29, 0.717) is 51.8 Å². The number of fused-ring (bicyclic) bond motifs is 1. The summed E-state index contributed by atoms with van der Waals surface area (Å²) in [7, 11) is 4.63. The van der Waals surface area contributed by atoms with E-state index in [1.54, 1.807) is 56.4 Å². The summed E-state index contributed by atoms with van der Waals surface area (Å²) >= 11 is 0. The quantitative estimate of drug-likeness (QED) is 0.486. The number of ether oxygens (including phenoxy) is 4. The Morgan fingerprint density at radius 1 is 0.966 bits per heavy atom. The van der Waals surface area contributed by atoms with Gasteiger partial charge in [0.2, 0.25) is 17.5 Å². The largest absolute Gasteiger partial charge is 0.493 e. The minimum absolute atomic E-state index is 0.332. The van der Waals surface area contributed by atoms with Crippen LogP contribution < -0.4 is 18.9 Å². The van der Waals surface area contributed by atoms with Crippen LogP contribution in [0, 0.1) is 13.8 Å². The summed E-state index contributed by atoms with van der Waals surface area (Å²) in [6.45, 7) is 3.74. The third kappa shape index (κ3) is 3.20. The van der Waals surface area contributed by atoms with Crippen LogP contribution >= 0.6 is 0 Å².